The number of aromatic nitrogens is 1. The number of aliphatic hydroxyl groups is 1. The molecule has 0 aliphatic heterocycles. The Morgan fingerprint density at radius 1 is 1.24 bits per heavy atom. The predicted molar refractivity (Wildman–Crippen MR) is 72.5 cm³/mol. The summed E-state index contributed by atoms with van der Waals surface area (Å²) in [7, 11) is 0. The van der Waals surface area contributed by atoms with E-state index in [1.54, 1.807) is 0 Å². The van der Waals surface area contributed by atoms with Crippen molar-refractivity contribution in [3.8, 4) is 0 Å². The molecule has 0 saturated carbocycles. The van der Waals surface area contributed by atoms with Crippen molar-refractivity contribution < 1.29 is 5.11 Å². The van der Waals surface area contributed by atoms with Crippen LogP contribution in [-0.4, -0.2) is 29.8 Å². The first-order valence-corrected chi connectivity index (χ1v) is 6.31. The average molecular weight is 236 g/mol. The maximum atomic E-state index is 9.05. The summed E-state index contributed by atoms with van der Waals surface area (Å²) >= 11 is 0. The van der Waals surface area contributed by atoms with Crippen LogP contribution in [0.2, 0.25) is 0 Å². The second kappa shape index (κ2) is 6.01. The summed E-state index contributed by atoms with van der Waals surface area (Å²) in [4.78, 5) is 6.68. The van der Waals surface area contributed by atoms with Gasteiger partial charge in [0.05, 0.1) is 18.5 Å². The van der Waals surface area contributed by atoms with Crippen LogP contribution >= 0.6 is 0 Å². The fraction of sp³-hybridized carbons (Fsp3) is 0.643. The molecule has 0 unspecified atom stereocenters. The molecule has 0 amide bonds. The van der Waals surface area contributed by atoms with Gasteiger partial charge >= 0.3 is 0 Å². The Hall–Kier alpha value is -1.09. The van der Waals surface area contributed by atoms with Crippen LogP contribution in [0.25, 0.3) is 0 Å². The highest BCUT2D eigenvalue weighted by Gasteiger charge is 2.15. The van der Waals surface area contributed by atoms with Gasteiger partial charge in [-0.1, -0.05) is 27.7 Å². The molecular weight excluding hydrogens is 212 g/mol. The van der Waals surface area contributed by atoms with Gasteiger partial charge < -0.3 is 10.0 Å². The summed E-state index contributed by atoms with van der Waals surface area (Å²) in [6.07, 6.45) is 2.98. The van der Waals surface area contributed by atoms with Gasteiger partial charge in [-0.3, -0.25) is 4.98 Å². The second-order valence-corrected chi connectivity index (χ2v) is 5.36. The maximum Gasteiger partial charge on any atom is 0.0606 e. The standard InChI is InChI=1S/C14H24N2O/c1-5-8-16(9-10-17)12-6-7-13(15-11-12)14(2,3)4/h6-7,11,17H,5,8-10H2,1-4H3. The Bertz CT molecular complexity index is 321. The lowest BCUT2D eigenvalue weighted by molar-refractivity contribution is 0.302. The fourth-order valence-corrected chi connectivity index (χ4v) is 1.78. The van der Waals surface area contributed by atoms with Crippen molar-refractivity contribution >= 4 is 5.69 Å². The number of aliphatic hydroxyl groups excluding tert-OH is 1. The Balaban J connectivity index is 2.84. The molecule has 0 fully saturated rings. The van der Waals surface area contributed by atoms with Crippen LogP contribution in [0.15, 0.2) is 18.3 Å². The Morgan fingerprint density at radius 2 is 1.94 bits per heavy atom. The third kappa shape index (κ3) is 4.00. The minimum absolute atomic E-state index is 0.0884. The SMILES string of the molecule is CCCN(CCO)c1ccc(C(C)(C)C)nc1. The third-order valence-corrected chi connectivity index (χ3v) is 2.74. The lowest BCUT2D eigenvalue weighted by atomic mass is 9.92. The molecule has 1 rings (SSSR count). The van der Waals surface area contributed by atoms with Gasteiger partial charge in [-0.05, 0) is 18.6 Å². The quantitative estimate of drug-likeness (QED) is 0.853. The molecule has 0 radical (unpaired) electrons. The molecule has 1 aromatic heterocycles. The van der Waals surface area contributed by atoms with Crippen LogP contribution in [0.5, 0.6) is 0 Å². The summed E-state index contributed by atoms with van der Waals surface area (Å²) in [6.45, 7) is 10.4. The number of hydrogen-bond donors (Lipinski definition) is 1. The molecule has 17 heavy (non-hydrogen) atoms. The normalized spacial score (nSPS) is 11.6. The minimum atomic E-state index is 0.0884. The molecule has 96 valence electrons. The molecule has 0 aliphatic carbocycles. The van der Waals surface area contributed by atoms with Crippen LogP contribution in [0, 0.1) is 0 Å². The number of hydrogen-bond acceptors (Lipinski definition) is 3. The van der Waals surface area contributed by atoms with Crippen molar-refractivity contribution in [2.45, 2.75) is 39.5 Å². The van der Waals surface area contributed by atoms with Gasteiger partial charge in [0.2, 0.25) is 0 Å². The van der Waals surface area contributed by atoms with Gasteiger partial charge in [-0.15, -0.1) is 0 Å². The second-order valence-electron chi connectivity index (χ2n) is 5.36. The van der Waals surface area contributed by atoms with Crippen LogP contribution in [0.3, 0.4) is 0 Å². The highest BCUT2D eigenvalue weighted by Crippen LogP contribution is 2.22. The molecule has 1 aromatic rings. The van der Waals surface area contributed by atoms with E-state index in [2.05, 4.69) is 49.7 Å². The van der Waals surface area contributed by atoms with Gasteiger partial charge in [0.15, 0.2) is 0 Å². The number of anilines is 1. The first kappa shape index (κ1) is 14.0. The molecule has 1 N–H and O–H groups in total. The van der Waals surface area contributed by atoms with Crippen LogP contribution in [-0.2, 0) is 5.41 Å². The number of nitrogens with zero attached hydrogens (tertiary/aromatic N) is 2. The Morgan fingerprint density at radius 3 is 2.35 bits per heavy atom. The number of rotatable bonds is 5. The number of pyridine rings is 1. The molecule has 3 nitrogen and oxygen atoms in total. The topological polar surface area (TPSA) is 36.4 Å². The van der Waals surface area contributed by atoms with Crippen molar-refractivity contribution in [1.29, 1.82) is 0 Å². The Kier molecular flexibility index (Phi) is 4.94. The van der Waals surface area contributed by atoms with Crippen LogP contribution in [0.4, 0.5) is 5.69 Å². The first-order valence-electron chi connectivity index (χ1n) is 6.31. The summed E-state index contributed by atoms with van der Waals surface area (Å²) in [5.74, 6) is 0. The minimum Gasteiger partial charge on any atom is -0.395 e. The van der Waals surface area contributed by atoms with Gasteiger partial charge in [0, 0.05) is 24.2 Å². The van der Waals surface area contributed by atoms with Gasteiger partial charge in [0.1, 0.15) is 0 Å². The van der Waals surface area contributed by atoms with Crippen molar-refractivity contribution in [2.24, 2.45) is 0 Å². The maximum absolute atomic E-state index is 9.05. The molecule has 0 aromatic carbocycles. The molecule has 1 heterocycles. The summed E-state index contributed by atoms with van der Waals surface area (Å²) in [5, 5.41) is 9.05. The van der Waals surface area contributed by atoms with Gasteiger partial charge in [0.25, 0.3) is 0 Å². The summed E-state index contributed by atoms with van der Waals surface area (Å²) < 4.78 is 0. The van der Waals surface area contributed by atoms with E-state index in [1.807, 2.05) is 6.20 Å². The van der Waals surface area contributed by atoms with Crippen molar-refractivity contribution in [2.75, 3.05) is 24.6 Å². The predicted octanol–water partition coefficient (Wildman–Crippen LogP) is 2.59. The zero-order valence-electron chi connectivity index (χ0n) is 11.4. The Labute approximate surface area is 104 Å². The monoisotopic (exact) mass is 236 g/mol. The van der Waals surface area contributed by atoms with Crippen LogP contribution in [0.1, 0.15) is 39.8 Å². The van der Waals surface area contributed by atoms with E-state index in [4.69, 9.17) is 5.11 Å². The largest absolute Gasteiger partial charge is 0.395 e. The molecule has 3 heteroatoms. The zero-order chi connectivity index (χ0) is 12.9. The van der Waals surface area contributed by atoms with E-state index >= 15 is 0 Å². The van der Waals surface area contributed by atoms with E-state index in [-0.39, 0.29) is 12.0 Å². The van der Waals surface area contributed by atoms with Crippen LogP contribution < -0.4 is 4.90 Å². The van der Waals surface area contributed by atoms with Gasteiger partial charge in [-0.25, -0.2) is 0 Å². The van der Waals surface area contributed by atoms with Crippen molar-refractivity contribution in [3.63, 3.8) is 0 Å². The van der Waals surface area contributed by atoms with E-state index in [0.717, 1.165) is 24.3 Å². The third-order valence-electron chi connectivity index (χ3n) is 2.74. The lowest BCUT2D eigenvalue weighted by Gasteiger charge is -2.24. The first-order chi connectivity index (χ1) is 7.99. The van der Waals surface area contributed by atoms with E-state index in [9.17, 15) is 0 Å². The lowest BCUT2D eigenvalue weighted by Crippen LogP contribution is -2.27. The highest BCUT2D eigenvalue weighted by atomic mass is 16.3. The van der Waals surface area contributed by atoms with Gasteiger partial charge in [-0.2, -0.15) is 0 Å². The molecule has 0 spiro atoms. The molecule has 0 atom stereocenters. The smallest absolute Gasteiger partial charge is 0.0606 e. The summed E-state index contributed by atoms with van der Waals surface area (Å²) in [6, 6.07) is 4.17. The zero-order valence-corrected chi connectivity index (χ0v) is 11.4. The van der Waals surface area contributed by atoms with Crippen molar-refractivity contribution in [1.82, 2.24) is 4.98 Å². The molecular formula is C14H24N2O. The molecule has 0 aliphatic rings. The van der Waals surface area contributed by atoms with E-state index < -0.39 is 0 Å². The fourth-order valence-electron chi connectivity index (χ4n) is 1.78. The summed E-state index contributed by atoms with van der Waals surface area (Å²) in [5.41, 5.74) is 2.28. The highest BCUT2D eigenvalue weighted by molar-refractivity contribution is 5.45. The molecule has 0 bridgehead atoms. The van der Waals surface area contributed by atoms with Crippen molar-refractivity contribution in [3.05, 3.63) is 24.0 Å². The van der Waals surface area contributed by atoms with E-state index in [1.165, 1.54) is 0 Å². The van der Waals surface area contributed by atoms with E-state index in [0.29, 0.717) is 6.54 Å². The average Bonchev–Trinajstić information content (AvgIpc) is 2.28. The molecule has 0 saturated heterocycles.